The SMILES string of the molecule is CCCCCCCCCCC[C@H](CC(=O)N[C@@H](CO[C@@H]1OC(CO)[C@H](OP(=O)(O)O)C(OC(=O)C[C@@H](CCCCCCCCCCC)OC(=O)CCCCCCCCC)[C@H]1NC(=O)C[C@@H](CCCCCCCCCCC)OC(=O)CCCCCCCCC)C(=O)O)OC(=O)CCCCCCCCC. The number of esters is 4. The van der Waals surface area contributed by atoms with Crippen LogP contribution in [-0.4, -0.2) is 130 Å². The lowest BCUT2D eigenvalue weighted by molar-refractivity contribution is -0.272. The van der Waals surface area contributed by atoms with Crippen molar-refractivity contribution in [1.82, 2.24) is 10.6 Å². The highest BCUT2D eigenvalue weighted by Crippen LogP contribution is 2.42. The Balaban J connectivity index is 3.85. The number of amides is 2. The maximum absolute atomic E-state index is 14.8. The van der Waals surface area contributed by atoms with Crippen LogP contribution in [0.15, 0.2) is 0 Å². The van der Waals surface area contributed by atoms with E-state index in [2.05, 4.69) is 52.2 Å². The number of nitrogens with one attached hydrogen (secondary N) is 2. The summed E-state index contributed by atoms with van der Waals surface area (Å²) in [5.41, 5.74) is 0. The molecule has 0 aliphatic carbocycles. The maximum atomic E-state index is 14.8. The summed E-state index contributed by atoms with van der Waals surface area (Å²) in [6.45, 7) is 11.1. The van der Waals surface area contributed by atoms with Gasteiger partial charge in [-0.15, -0.1) is 0 Å². The van der Waals surface area contributed by atoms with Gasteiger partial charge in [0, 0.05) is 19.3 Å². The van der Waals surface area contributed by atoms with Crippen molar-refractivity contribution in [3.05, 3.63) is 0 Å². The zero-order chi connectivity index (χ0) is 75.8. The largest absolute Gasteiger partial charge is 0.480 e. The van der Waals surface area contributed by atoms with Crippen LogP contribution in [0, 0.1) is 0 Å². The molecular weight excluding hydrogens is 1340 g/mol. The maximum Gasteiger partial charge on any atom is 0.470 e. The molecule has 0 aromatic heterocycles. The monoisotopic (exact) mass is 1490 g/mol. The number of aliphatic hydroxyl groups is 1. The number of aliphatic hydroxyl groups excluding tert-OH is 1. The number of hydrogen-bond donors (Lipinski definition) is 6. The molecular formula is C81H151N2O19P. The van der Waals surface area contributed by atoms with Gasteiger partial charge in [0.1, 0.15) is 36.6 Å². The molecule has 604 valence electrons. The molecule has 1 rings (SSSR count). The van der Waals surface area contributed by atoms with Crippen LogP contribution in [0.1, 0.15) is 408 Å². The molecule has 0 radical (unpaired) electrons. The van der Waals surface area contributed by atoms with E-state index < -0.39 is 131 Å². The molecule has 103 heavy (non-hydrogen) atoms. The molecule has 1 aliphatic rings. The summed E-state index contributed by atoms with van der Waals surface area (Å²) in [5.74, 6) is -5.54. The van der Waals surface area contributed by atoms with Gasteiger partial charge in [-0.05, 0) is 57.8 Å². The third-order valence-electron chi connectivity index (χ3n) is 19.7. The molecule has 1 fully saturated rings. The first-order valence-electron chi connectivity index (χ1n) is 42.1. The fraction of sp³-hybridized carbons (Fsp3) is 0.914. The summed E-state index contributed by atoms with van der Waals surface area (Å²) in [7, 11) is -5.56. The molecule has 1 saturated heterocycles. The van der Waals surface area contributed by atoms with Crippen LogP contribution in [0.2, 0.25) is 0 Å². The molecule has 2 unspecified atom stereocenters. The molecule has 9 atom stereocenters. The van der Waals surface area contributed by atoms with Gasteiger partial charge in [-0.1, -0.05) is 311 Å². The van der Waals surface area contributed by atoms with E-state index in [0.29, 0.717) is 51.4 Å². The topological polar surface area (TPSA) is 306 Å². The average Bonchev–Trinajstić information content (AvgIpc) is 0.781. The van der Waals surface area contributed by atoms with Crippen LogP contribution in [-0.2, 0) is 71.1 Å². The minimum Gasteiger partial charge on any atom is -0.480 e. The normalized spacial score (nSPS) is 17.3. The number of hydrogen-bond acceptors (Lipinski definition) is 16. The molecule has 2 amide bonds. The van der Waals surface area contributed by atoms with Crippen molar-refractivity contribution < 1.29 is 91.1 Å². The number of carboxylic acid groups (broad SMARTS) is 1. The molecule has 21 nitrogen and oxygen atoms in total. The zero-order valence-electron chi connectivity index (χ0n) is 65.8. The van der Waals surface area contributed by atoms with E-state index in [1.807, 2.05) is 0 Å². The number of phosphoric acid groups is 1. The third-order valence-corrected chi connectivity index (χ3v) is 20.2. The Morgan fingerprint density at radius 3 is 1.01 bits per heavy atom. The van der Waals surface area contributed by atoms with Crippen LogP contribution in [0.25, 0.3) is 0 Å². The smallest absolute Gasteiger partial charge is 0.470 e. The first-order chi connectivity index (χ1) is 49.8. The molecule has 1 heterocycles. The summed E-state index contributed by atoms with van der Waals surface area (Å²) in [5, 5.41) is 26.9. The van der Waals surface area contributed by atoms with Crippen molar-refractivity contribution in [2.75, 3.05) is 13.2 Å². The highest BCUT2D eigenvalue weighted by Gasteiger charge is 2.52. The lowest BCUT2D eigenvalue weighted by atomic mass is 9.95. The number of ether oxygens (including phenoxy) is 6. The summed E-state index contributed by atoms with van der Waals surface area (Å²) in [6.07, 6.45) is 38.1. The minimum atomic E-state index is -5.56. The predicted octanol–water partition coefficient (Wildman–Crippen LogP) is 19.3. The number of carbonyl (C=O) groups excluding carboxylic acids is 6. The molecule has 6 N–H and O–H groups in total. The van der Waals surface area contributed by atoms with Gasteiger partial charge in [-0.2, -0.15) is 0 Å². The molecule has 1 aliphatic heterocycles. The molecule has 0 saturated carbocycles. The van der Waals surface area contributed by atoms with Crippen molar-refractivity contribution in [2.24, 2.45) is 0 Å². The highest BCUT2D eigenvalue weighted by atomic mass is 31.2. The number of carbonyl (C=O) groups is 7. The first kappa shape index (κ1) is 97.3. The number of unbranched alkanes of at least 4 members (excludes halogenated alkanes) is 42. The van der Waals surface area contributed by atoms with Crippen molar-refractivity contribution in [3.8, 4) is 0 Å². The van der Waals surface area contributed by atoms with E-state index in [0.717, 1.165) is 225 Å². The first-order valence-corrected chi connectivity index (χ1v) is 43.6. The number of carboxylic acids is 1. The molecule has 0 aromatic carbocycles. The van der Waals surface area contributed by atoms with Gasteiger partial charge < -0.3 is 59.1 Å². The van der Waals surface area contributed by atoms with Gasteiger partial charge in [0.2, 0.25) is 11.8 Å². The standard InChI is InChI=1S/C81H151N2O19P/c1-7-13-19-25-31-34-40-43-49-55-66(97-73(87)58-52-46-37-28-22-16-10-4)61-71(85)82-69(80(91)92)65-96-81-77(83-72(86)62-67(56-50-44-41-35-32-26-20-14-8-2)98-74(88)59-53-47-38-29-23-17-11-5)79(78(70(64-84)100-81)102-103(93,94)95)101-76(90)63-68(57-51-45-42-36-33-27-21-15-9-3)99-75(89)60-54-48-39-30-24-18-12-6/h66-70,77-79,81,84H,7-65H2,1-6H3,(H,82,85)(H,83,86)(H,91,92)(H2,93,94,95)/t66-,67-,68-,69+,70?,77-,78+,79?,81-/m1/s1. The molecule has 0 spiro atoms. The van der Waals surface area contributed by atoms with Gasteiger partial charge in [0.05, 0.1) is 32.5 Å². The molecule has 0 bridgehead atoms. The quantitative estimate of drug-likeness (QED) is 0.0143. The summed E-state index contributed by atoms with van der Waals surface area (Å²) >= 11 is 0. The Kier molecular flexibility index (Phi) is 62.8. The Morgan fingerprint density at radius 1 is 0.398 bits per heavy atom. The van der Waals surface area contributed by atoms with Crippen molar-refractivity contribution >= 4 is 49.5 Å². The Morgan fingerprint density at radius 2 is 0.699 bits per heavy atom. The summed E-state index contributed by atoms with van der Waals surface area (Å²) in [4.78, 5) is 118. The Bertz CT molecular complexity index is 2170. The fourth-order valence-corrected chi connectivity index (χ4v) is 14.1. The highest BCUT2D eigenvalue weighted by molar-refractivity contribution is 7.46. The second-order valence-electron chi connectivity index (χ2n) is 29.5. The number of rotatable bonds is 73. The predicted molar refractivity (Wildman–Crippen MR) is 407 cm³/mol. The van der Waals surface area contributed by atoms with Crippen molar-refractivity contribution in [1.29, 1.82) is 0 Å². The van der Waals surface area contributed by atoms with Gasteiger partial charge >= 0.3 is 37.7 Å². The van der Waals surface area contributed by atoms with Crippen LogP contribution in [0.3, 0.4) is 0 Å². The Labute approximate surface area is 624 Å². The number of aliphatic carboxylic acids is 1. The van der Waals surface area contributed by atoms with E-state index in [4.69, 9.17) is 32.9 Å². The van der Waals surface area contributed by atoms with Crippen LogP contribution in [0.5, 0.6) is 0 Å². The second-order valence-corrected chi connectivity index (χ2v) is 30.7. The molecule has 0 aromatic rings. The van der Waals surface area contributed by atoms with E-state index >= 15 is 0 Å². The van der Waals surface area contributed by atoms with Gasteiger partial charge in [0.15, 0.2) is 18.4 Å². The Hall–Kier alpha value is -3.72. The van der Waals surface area contributed by atoms with E-state index in [1.54, 1.807) is 0 Å². The summed E-state index contributed by atoms with van der Waals surface area (Å²) in [6, 6.07) is -3.60. The fourth-order valence-electron chi connectivity index (χ4n) is 13.5. The van der Waals surface area contributed by atoms with Gasteiger partial charge in [-0.25, -0.2) is 9.36 Å². The van der Waals surface area contributed by atoms with Crippen LogP contribution in [0.4, 0.5) is 0 Å². The third kappa shape index (κ3) is 55.4. The van der Waals surface area contributed by atoms with Crippen LogP contribution >= 0.6 is 7.82 Å². The minimum absolute atomic E-state index is 0.125. The lowest BCUT2D eigenvalue weighted by Crippen LogP contribution is -2.66. The van der Waals surface area contributed by atoms with Gasteiger partial charge in [0.25, 0.3) is 0 Å². The summed E-state index contributed by atoms with van der Waals surface area (Å²) < 4.78 is 54.9. The van der Waals surface area contributed by atoms with Crippen molar-refractivity contribution in [2.45, 2.75) is 463 Å². The molecule has 22 heteroatoms. The van der Waals surface area contributed by atoms with Crippen LogP contribution < -0.4 is 10.6 Å². The lowest BCUT2D eigenvalue weighted by Gasteiger charge is -2.45. The van der Waals surface area contributed by atoms with E-state index in [1.165, 1.54) is 44.9 Å². The average molecular weight is 1490 g/mol. The zero-order valence-corrected chi connectivity index (χ0v) is 66.7. The van der Waals surface area contributed by atoms with Gasteiger partial charge in [-0.3, -0.25) is 33.3 Å². The van der Waals surface area contributed by atoms with E-state index in [9.17, 15) is 58.1 Å². The second kappa shape index (κ2) is 66.5. The van der Waals surface area contributed by atoms with Crippen molar-refractivity contribution in [3.63, 3.8) is 0 Å². The van der Waals surface area contributed by atoms with E-state index in [-0.39, 0.29) is 32.1 Å². The number of phosphoric ester groups is 1.